The Morgan fingerprint density at radius 3 is 2.60 bits per heavy atom. The van der Waals surface area contributed by atoms with Crippen LogP contribution in [0.1, 0.15) is 13.8 Å². The zero-order valence-corrected chi connectivity index (χ0v) is 7.07. The molecule has 0 spiro atoms. The summed E-state index contributed by atoms with van der Waals surface area (Å²) in [5.74, 6) is 0.570. The van der Waals surface area contributed by atoms with Gasteiger partial charge in [-0.3, -0.25) is 0 Å². The molecule has 1 aliphatic heterocycles. The van der Waals surface area contributed by atoms with E-state index in [1.807, 2.05) is 12.2 Å². The summed E-state index contributed by atoms with van der Waals surface area (Å²) < 4.78 is 0. The molecule has 0 aromatic heterocycles. The molecule has 0 atom stereocenters. The number of hydrogen-bond acceptors (Lipinski definition) is 1. The predicted molar refractivity (Wildman–Crippen MR) is 44.9 cm³/mol. The second-order valence-corrected chi connectivity index (χ2v) is 3.23. The van der Waals surface area contributed by atoms with Crippen LogP contribution in [-0.2, 0) is 0 Å². The molecule has 0 bridgehead atoms. The molecule has 1 nitrogen and oxygen atoms in total. The zero-order chi connectivity index (χ0) is 7.56. The molecular formula is C8H12ClN. The lowest BCUT2D eigenvalue weighted by Gasteiger charge is -2.16. The van der Waals surface area contributed by atoms with E-state index in [2.05, 4.69) is 19.2 Å². The molecule has 10 heavy (non-hydrogen) atoms. The largest absolute Gasteiger partial charge is 0.383 e. The molecule has 0 unspecified atom stereocenters. The van der Waals surface area contributed by atoms with Crippen molar-refractivity contribution in [2.45, 2.75) is 13.8 Å². The summed E-state index contributed by atoms with van der Waals surface area (Å²) in [5.41, 5.74) is 1.27. The van der Waals surface area contributed by atoms with Crippen LogP contribution in [0.15, 0.2) is 22.9 Å². The van der Waals surface area contributed by atoms with Gasteiger partial charge < -0.3 is 5.32 Å². The standard InChI is InChI=1S/C8H12ClN/c1-6(2)8-4-3-7(9)5-10-8/h3-4,6,10H,5H2,1-2H3. The molecule has 1 rings (SSSR count). The number of rotatable bonds is 1. The molecule has 0 saturated heterocycles. The molecule has 0 aromatic carbocycles. The summed E-state index contributed by atoms with van der Waals surface area (Å²) in [6.07, 6.45) is 3.99. The van der Waals surface area contributed by atoms with Gasteiger partial charge in [-0.2, -0.15) is 0 Å². The van der Waals surface area contributed by atoms with Gasteiger partial charge in [-0.1, -0.05) is 25.4 Å². The summed E-state index contributed by atoms with van der Waals surface area (Å²) in [7, 11) is 0. The van der Waals surface area contributed by atoms with Crippen molar-refractivity contribution in [3.8, 4) is 0 Å². The summed E-state index contributed by atoms with van der Waals surface area (Å²) in [6, 6.07) is 0. The number of hydrogen-bond donors (Lipinski definition) is 1. The Morgan fingerprint density at radius 1 is 1.50 bits per heavy atom. The van der Waals surface area contributed by atoms with Crippen molar-refractivity contribution in [2.75, 3.05) is 6.54 Å². The van der Waals surface area contributed by atoms with Gasteiger partial charge >= 0.3 is 0 Å². The van der Waals surface area contributed by atoms with Gasteiger partial charge in [0.2, 0.25) is 0 Å². The first-order chi connectivity index (χ1) is 4.70. The number of allylic oxidation sites excluding steroid dienone is 3. The quantitative estimate of drug-likeness (QED) is 0.616. The maximum absolute atomic E-state index is 5.74. The Morgan fingerprint density at radius 2 is 2.20 bits per heavy atom. The van der Waals surface area contributed by atoms with E-state index in [4.69, 9.17) is 11.6 Å². The number of nitrogens with one attached hydrogen (secondary N) is 1. The smallest absolute Gasteiger partial charge is 0.0505 e. The van der Waals surface area contributed by atoms with E-state index in [9.17, 15) is 0 Å². The number of halogens is 1. The third-order valence-corrected chi connectivity index (χ3v) is 1.79. The molecule has 1 N–H and O–H groups in total. The topological polar surface area (TPSA) is 12.0 Å². The second kappa shape index (κ2) is 3.11. The first-order valence-electron chi connectivity index (χ1n) is 3.50. The Balaban J connectivity index is 2.64. The van der Waals surface area contributed by atoms with E-state index in [0.29, 0.717) is 5.92 Å². The second-order valence-electron chi connectivity index (χ2n) is 2.74. The fourth-order valence-corrected chi connectivity index (χ4v) is 1.01. The summed E-state index contributed by atoms with van der Waals surface area (Å²) in [6.45, 7) is 5.10. The monoisotopic (exact) mass is 157 g/mol. The third kappa shape index (κ3) is 1.77. The molecular weight excluding hydrogens is 146 g/mol. The van der Waals surface area contributed by atoms with E-state index >= 15 is 0 Å². The molecule has 0 aliphatic carbocycles. The van der Waals surface area contributed by atoms with E-state index in [1.165, 1.54) is 5.70 Å². The summed E-state index contributed by atoms with van der Waals surface area (Å²) in [5, 5.41) is 4.11. The van der Waals surface area contributed by atoms with E-state index in [0.717, 1.165) is 11.6 Å². The van der Waals surface area contributed by atoms with Gasteiger partial charge in [0.15, 0.2) is 0 Å². The molecule has 0 fully saturated rings. The third-order valence-electron chi connectivity index (χ3n) is 1.53. The Kier molecular flexibility index (Phi) is 2.39. The maximum atomic E-state index is 5.74. The van der Waals surface area contributed by atoms with Gasteiger partial charge in [0.25, 0.3) is 0 Å². The van der Waals surface area contributed by atoms with Crippen LogP contribution >= 0.6 is 11.6 Å². The maximum Gasteiger partial charge on any atom is 0.0505 e. The number of dihydropyridines is 1. The first kappa shape index (κ1) is 7.67. The van der Waals surface area contributed by atoms with E-state index < -0.39 is 0 Å². The van der Waals surface area contributed by atoms with E-state index in [1.54, 1.807) is 0 Å². The highest BCUT2D eigenvalue weighted by Crippen LogP contribution is 2.13. The Labute approximate surface area is 66.8 Å². The fraction of sp³-hybridized carbons (Fsp3) is 0.500. The fourth-order valence-electron chi connectivity index (χ4n) is 0.881. The van der Waals surface area contributed by atoms with Crippen LogP contribution < -0.4 is 5.32 Å². The van der Waals surface area contributed by atoms with Gasteiger partial charge in [-0.15, -0.1) is 0 Å². The molecule has 0 saturated carbocycles. The van der Waals surface area contributed by atoms with Crippen LogP contribution in [0.5, 0.6) is 0 Å². The molecule has 0 radical (unpaired) electrons. The SMILES string of the molecule is CC(C)C1=CC=C(Cl)CN1. The average molecular weight is 158 g/mol. The highest BCUT2D eigenvalue weighted by atomic mass is 35.5. The summed E-state index contributed by atoms with van der Waals surface area (Å²) in [4.78, 5) is 0. The van der Waals surface area contributed by atoms with Crippen molar-refractivity contribution < 1.29 is 0 Å². The molecule has 1 aliphatic rings. The van der Waals surface area contributed by atoms with Crippen LogP contribution in [0.3, 0.4) is 0 Å². The minimum atomic E-state index is 0.570. The minimum Gasteiger partial charge on any atom is -0.383 e. The Bertz CT molecular complexity index is 180. The normalized spacial score (nSPS) is 18.0. The average Bonchev–Trinajstić information content (AvgIpc) is 1.88. The van der Waals surface area contributed by atoms with Crippen molar-refractivity contribution in [3.05, 3.63) is 22.9 Å². The zero-order valence-electron chi connectivity index (χ0n) is 6.32. The van der Waals surface area contributed by atoms with Gasteiger partial charge in [0, 0.05) is 10.7 Å². The molecule has 0 aromatic rings. The van der Waals surface area contributed by atoms with Crippen molar-refractivity contribution in [1.29, 1.82) is 0 Å². The van der Waals surface area contributed by atoms with Crippen molar-refractivity contribution in [1.82, 2.24) is 5.32 Å². The lowest BCUT2D eigenvalue weighted by atomic mass is 10.1. The van der Waals surface area contributed by atoms with Gasteiger partial charge in [-0.05, 0) is 18.1 Å². The van der Waals surface area contributed by atoms with Gasteiger partial charge in [-0.25, -0.2) is 0 Å². The minimum absolute atomic E-state index is 0.570. The molecule has 2 heteroatoms. The van der Waals surface area contributed by atoms with Crippen molar-refractivity contribution in [2.24, 2.45) is 5.92 Å². The van der Waals surface area contributed by atoms with Crippen molar-refractivity contribution in [3.63, 3.8) is 0 Å². The Hall–Kier alpha value is -0.430. The predicted octanol–water partition coefficient (Wildman–Crippen LogP) is 2.25. The van der Waals surface area contributed by atoms with Gasteiger partial charge in [0.1, 0.15) is 0 Å². The van der Waals surface area contributed by atoms with Crippen LogP contribution in [0.2, 0.25) is 0 Å². The highest BCUT2D eigenvalue weighted by molar-refractivity contribution is 6.30. The van der Waals surface area contributed by atoms with Crippen LogP contribution in [0.25, 0.3) is 0 Å². The van der Waals surface area contributed by atoms with E-state index in [-0.39, 0.29) is 0 Å². The lowest BCUT2D eigenvalue weighted by molar-refractivity contribution is 0.672. The molecule has 56 valence electrons. The lowest BCUT2D eigenvalue weighted by Crippen LogP contribution is -2.21. The van der Waals surface area contributed by atoms with Crippen LogP contribution in [0.4, 0.5) is 0 Å². The molecule has 0 amide bonds. The first-order valence-corrected chi connectivity index (χ1v) is 3.88. The highest BCUT2D eigenvalue weighted by Gasteiger charge is 2.05. The molecule has 1 heterocycles. The van der Waals surface area contributed by atoms with Gasteiger partial charge in [0.05, 0.1) is 6.54 Å². The van der Waals surface area contributed by atoms with Crippen molar-refractivity contribution >= 4 is 11.6 Å². The van der Waals surface area contributed by atoms with Crippen LogP contribution in [-0.4, -0.2) is 6.54 Å². The van der Waals surface area contributed by atoms with Crippen LogP contribution in [0, 0.1) is 5.92 Å². The summed E-state index contributed by atoms with van der Waals surface area (Å²) >= 11 is 5.74.